The molecule has 0 aromatic rings. The van der Waals surface area contributed by atoms with Crippen LogP contribution in [0.3, 0.4) is 0 Å². The summed E-state index contributed by atoms with van der Waals surface area (Å²) in [5, 5.41) is 6.31. The number of nitrogens with one attached hydrogen (secondary N) is 2. The van der Waals surface area contributed by atoms with Crippen molar-refractivity contribution in [2.24, 2.45) is 11.8 Å². The molecule has 2 rings (SSSR count). The summed E-state index contributed by atoms with van der Waals surface area (Å²) in [6.45, 7) is 3.06. The third-order valence-corrected chi connectivity index (χ3v) is 2.92. The standard InChI is InChI=1S/C10H18N2O/c13-10(5-8-1-2-8)12-7-9-3-4-11-6-9/h8-9,11H,1-7H2,(H,12,13). The van der Waals surface area contributed by atoms with Gasteiger partial charge in [0, 0.05) is 13.0 Å². The molecule has 3 nitrogen and oxygen atoms in total. The molecule has 0 aromatic carbocycles. The van der Waals surface area contributed by atoms with Crippen molar-refractivity contribution in [1.29, 1.82) is 0 Å². The van der Waals surface area contributed by atoms with E-state index >= 15 is 0 Å². The van der Waals surface area contributed by atoms with Crippen LogP contribution in [0.5, 0.6) is 0 Å². The van der Waals surface area contributed by atoms with E-state index in [0.717, 1.165) is 26.1 Å². The lowest BCUT2D eigenvalue weighted by Crippen LogP contribution is -2.30. The van der Waals surface area contributed by atoms with Gasteiger partial charge < -0.3 is 10.6 Å². The van der Waals surface area contributed by atoms with Crippen LogP contribution in [0.1, 0.15) is 25.7 Å². The predicted molar refractivity (Wildman–Crippen MR) is 51.3 cm³/mol. The Bertz CT molecular complexity index is 183. The van der Waals surface area contributed by atoms with Gasteiger partial charge in [0.15, 0.2) is 0 Å². The molecule has 1 amide bonds. The van der Waals surface area contributed by atoms with E-state index in [4.69, 9.17) is 0 Å². The molecule has 1 heterocycles. The molecule has 74 valence electrons. The van der Waals surface area contributed by atoms with Crippen LogP contribution in [-0.2, 0) is 4.79 Å². The van der Waals surface area contributed by atoms with Gasteiger partial charge in [-0.25, -0.2) is 0 Å². The van der Waals surface area contributed by atoms with Crippen molar-refractivity contribution in [1.82, 2.24) is 10.6 Å². The zero-order chi connectivity index (χ0) is 9.10. The van der Waals surface area contributed by atoms with E-state index in [1.165, 1.54) is 19.3 Å². The molecule has 0 radical (unpaired) electrons. The van der Waals surface area contributed by atoms with Gasteiger partial charge in [-0.15, -0.1) is 0 Å². The van der Waals surface area contributed by atoms with Crippen molar-refractivity contribution < 1.29 is 4.79 Å². The number of hydrogen-bond acceptors (Lipinski definition) is 2. The molecule has 1 aliphatic carbocycles. The summed E-state index contributed by atoms with van der Waals surface area (Å²) >= 11 is 0. The molecule has 1 unspecified atom stereocenters. The van der Waals surface area contributed by atoms with Crippen LogP contribution in [0, 0.1) is 11.8 Å². The van der Waals surface area contributed by atoms with Gasteiger partial charge >= 0.3 is 0 Å². The van der Waals surface area contributed by atoms with Gasteiger partial charge in [0.05, 0.1) is 0 Å². The van der Waals surface area contributed by atoms with E-state index < -0.39 is 0 Å². The maximum Gasteiger partial charge on any atom is 0.220 e. The Labute approximate surface area is 79.3 Å². The summed E-state index contributed by atoms with van der Waals surface area (Å²) in [5.74, 6) is 1.64. The molecule has 3 heteroatoms. The molecule has 1 atom stereocenters. The van der Waals surface area contributed by atoms with Gasteiger partial charge in [-0.3, -0.25) is 4.79 Å². The second-order valence-electron chi connectivity index (χ2n) is 4.31. The highest BCUT2D eigenvalue weighted by Gasteiger charge is 2.24. The number of carbonyl (C=O) groups excluding carboxylic acids is 1. The first-order valence-electron chi connectivity index (χ1n) is 5.32. The molecule has 1 aliphatic heterocycles. The topological polar surface area (TPSA) is 41.1 Å². The summed E-state index contributed by atoms with van der Waals surface area (Å²) in [7, 11) is 0. The average Bonchev–Trinajstić information content (AvgIpc) is 2.78. The van der Waals surface area contributed by atoms with Crippen molar-refractivity contribution in [2.75, 3.05) is 19.6 Å². The number of amides is 1. The third-order valence-electron chi connectivity index (χ3n) is 2.92. The predicted octanol–water partition coefficient (Wildman–Crippen LogP) is 0.512. The lowest BCUT2D eigenvalue weighted by molar-refractivity contribution is -0.121. The number of carbonyl (C=O) groups is 1. The molecule has 13 heavy (non-hydrogen) atoms. The van der Waals surface area contributed by atoms with Crippen molar-refractivity contribution in [2.45, 2.75) is 25.7 Å². The second kappa shape index (κ2) is 4.09. The third kappa shape index (κ3) is 2.99. The summed E-state index contributed by atoms with van der Waals surface area (Å²) < 4.78 is 0. The van der Waals surface area contributed by atoms with Crippen molar-refractivity contribution >= 4 is 5.91 Å². The van der Waals surface area contributed by atoms with Crippen LogP contribution in [0.15, 0.2) is 0 Å². The second-order valence-corrected chi connectivity index (χ2v) is 4.31. The Morgan fingerprint density at radius 2 is 2.15 bits per heavy atom. The molecular weight excluding hydrogens is 164 g/mol. The average molecular weight is 182 g/mol. The minimum absolute atomic E-state index is 0.259. The van der Waals surface area contributed by atoms with E-state index in [2.05, 4.69) is 10.6 Å². The van der Waals surface area contributed by atoms with E-state index in [9.17, 15) is 4.79 Å². The van der Waals surface area contributed by atoms with E-state index in [1.54, 1.807) is 0 Å². The normalized spacial score (nSPS) is 27.5. The highest BCUT2D eigenvalue weighted by Crippen LogP contribution is 2.32. The minimum atomic E-state index is 0.259. The fourth-order valence-electron chi connectivity index (χ4n) is 1.80. The fraction of sp³-hybridized carbons (Fsp3) is 0.900. The number of hydrogen-bond donors (Lipinski definition) is 2. The largest absolute Gasteiger partial charge is 0.356 e. The van der Waals surface area contributed by atoms with E-state index in [-0.39, 0.29) is 5.91 Å². The summed E-state index contributed by atoms with van der Waals surface area (Å²) in [6, 6.07) is 0. The zero-order valence-corrected chi connectivity index (χ0v) is 8.01. The zero-order valence-electron chi connectivity index (χ0n) is 8.01. The quantitative estimate of drug-likeness (QED) is 0.665. The van der Waals surface area contributed by atoms with E-state index in [0.29, 0.717) is 11.8 Å². The Morgan fingerprint density at radius 3 is 2.77 bits per heavy atom. The maximum absolute atomic E-state index is 11.3. The van der Waals surface area contributed by atoms with Crippen LogP contribution in [0.2, 0.25) is 0 Å². The van der Waals surface area contributed by atoms with E-state index in [1.807, 2.05) is 0 Å². The van der Waals surface area contributed by atoms with Crippen LogP contribution in [-0.4, -0.2) is 25.5 Å². The first-order valence-corrected chi connectivity index (χ1v) is 5.32. The molecule has 2 fully saturated rings. The molecule has 1 saturated carbocycles. The van der Waals surface area contributed by atoms with Crippen LogP contribution in [0.25, 0.3) is 0 Å². The maximum atomic E-state index is 11.3. The lowest BCUT2D eigenvalue weighted by Gasteiger charge is -2.09. The Hall–Kier alpha value is -0.570. The first-order chi connectivity index (χ1) is 6.34. The first kappa shape index (κ1) is 9.00. The van der Waals surface area contributed by atoms with Crippen LogP contribution in [0.4, 0.5) is 0 Å². The van der Waals surface area contributed by atoms with Crippen LogP contribution < -0.4 is 10.6 Å². The minimum Gasteiger partial charge on any atom is -0.356 e. The van der Waals surface area contributed by atoms with Crippen molar-refractivity contribution in [3.05, 3.63) is 0 Å². The lowest BCUT2D eigenvalue weighted by atomic mass is 10.1. The van der Waals surface area contributed by atoms with Gasteiger partial charge in [0.25, 0.3) is 0 Å². The number of rotatable bonds is 4. The highest BCUT2D eigenvalue weighted by molar-refractivity contribution is 5.76. The van der Waals surface area contributed by atoms with Crippen molar-refractivity contribution in [3.8, 4) is 0 Å². The molecule has 0 aromatic heterocycles. The fourth-order valence-corrected chi connectivity index (χ4v) is 1.80. The monoisotopic (exact) mass is 182 g/mol. The van der Waals surface area contributed by atoms with Gasteiger partial charge in [-0.05, 0) is 44.2 Å². The molecule has 1 saturated heterocycles. The summed E-state index contributed by atoms with van der Waals surface area (Å²) in [6.07, 6.45) is 4.50. The highest BCUT2D eigenvalue weighted by atomic mass is 16.1. The molecule has 2 aliphatic rings. The molecule has 2 N–H and O–H groups in total. The van der Waals surface area contributed by atoms with Crippen molar-refractivity contribution in [3.63, 3.8) is 0 Å². The van der Waals surface area contributed by atoms with Gasteiger partial charge in [0.2, 0.25) is 5.91 Å². The Morgan fingerprint density at radius 1 is 1.31 bits per heavy atom. The van der Waals surface area contributed by atoms with Crippen LogP contribution >= 0.6 is 0 Å². The van der Waals surface area contributed by atoms with Gasteiger partial charge in [-0.2, -0.15) is 0 Å². The Balaban J connectivity index is 1.57. The van der Waals surface area contributed by atoms with Gasteiger partial charge in [-0.1, -0.05) is 0 Å². The molecular formula is C10H18N2O. The molecule has 0 bridgehead atoms. The van der Waals surface area contributed by atoms with Gasteiger partial charge in [0.1, 0.15) is 0 Å². The smallest absolute Gasteiger partial charge is 0.220 e. The molecule has 0 spiro atoms. The summed E-state index contributed by atoms with van der Waals surface area (Å²) in [5.41, 5.74) is 0. The summed E-state index contributed by atoms with van der Waals surface area (Å²) in [4.78, 5) is 11.3. The Kier molecular flexibility index (Phi) is 2.83. The SMILES string of the molecule is O=C(CC1CC1)NCC1CCNC1.